The standard InChI is InChI=1S/C17H17BrN4O2/c18-14-5-2-1-4-13(14)16(23)21-8-3-9-22(11-10-21)17(24)15-12-19-6-7-20-15/h1-2,4-7,12H,3,8-11H2. The normalized spacial score (nSPS) is 15.0. The number of rotatable bonds is 2. The van der Waals surface area contributed by atoms with Crippen molar-refractivity contribution in [3.05, 3.63) is 58.6 Å². The summed E-state index contributed by atoms with van der Waals surface area (Å²) < 4.78 is 0.784. The van der Waals surface area contributed by atoms with Crippen LogP contribution in [-0.4, -0.2) is 57.8 Å². The van der Waals surface area contributed by atoms with E-state index in [0.29, 0.717) is 37.4 Å². The third kappa shape index (κ3) is 3.62. The fourth-order valence-electron chi connectivity index (χ4n) is 2.70. The molecule has 1 aromatic heterocycles. The SMILES string of the molecule is O=C(c1cnccn1)N1CCCN(C(=O)c2ccccc2Br)CC1. The number of carbonyl (C=O) groups is 2. The topological polar surface area (TPSA) is 66.4 Å². The van der Waals surface area contributed by atoms with Crippen molar-refractivity contribution in [1.82, 2.24) is 19.8 Å². The van der Waals surface area contributed by atoms with E-state index in [1.165, 1.54) is 18.6 Å². The summed E-state index contributed by atoms with van der Waals surface area (Å²) in [5, 5.41) is 0. The Balaban J connectivity index is 1.68. The van der Waals surface area contributed by atoms with Crippen LogP contribution in [0.3, 0.4) is 0 Å². The van der Waals surface area contributed by atoms with Gasteiger partial charge in [-0.15, -0.1) is 0 Å². The molecular formula is C17H17BrN4O2. The first-order valence-electron chi connectivity index (χ1n) is 7.76. The van der Waals surface area contributed by atoms with E-state index in [2.05, 4.69) is 25.9 Å². The Bertz CT molecular complexity index is 738. The zero-order valence-electron chi connectivity index (χ0n) is 13.1. The smallest absolute Gasteiger partial charge is 0.274 e. The van der Waals surface area contributed by atoms with Crippen LogP contribution in [0.4, 0.5) is 0 Å². The van der Waals surface area contributed by atoms with E-state index in [4.69, 9.17) is 0 Å². The molecule has 0 radical (unpaired) electrons. The van der Waals surface area contributed by atoms with Gasteiger partial charge in [0.25, 0.3) is 11.8 Å². The molecule has 0 N–H and O–H groups in total. The molecule has 2 aromatic rings. The molecule has 1 aliphatic rings. The predicted octanol–water partition coefficient (Wildman–Crippen LogP) is 2.23. The van der Waals surface area contributed by atoms with Gasteiger partial charge < -0.3 is 9.80 Å². The minimum Gasteiger partial charge on any atom is -0.337 e. The van der Waals surface area contributed by atoms with Crippen molar-refractivity contribution >= 4 is 27.7 Å². The second-order valence-electron chi connectivity index (χ2n) is 5.51. The minimum absolute atomic E-state index is 0.0173. The van der Waals surface area contributed by atoms with Crippen LogP contribution in [-0.2, 0) is 0 Å². The van der Waals surface area contributed by atoms with E-state index in [0.717, 1.165) is 10.9 Å². The Morgan fingerprint density at radius 1 is 0.958 bits per heavy atom. The van der Waals surface area contributed by atoms with Gasteiger partial charge in [0, 0.05) is 43.0 Å². The lowest BCUT2D eigenvalue weighted by Gasteiger charge is -2.22. The van der Waals surface area contributed by atoms with Crippen LogP contribution in [0.1, 0.15) is 27.3 Å². The Morgan fingerprint density at radius 2 is 1.67 bits per heavy atom. The van der Waals surface area contributed by atoms with Crippen LogP contribution in [0.15, 0.2) is 47.3 Å². The zero-order chi connectivity index (χ0) is 16.9. The zero-order valence-corrected chi connectivity index (χ0v) is 14.6. The lowest BCUT2D eigenvalue weighted by molar-refractivity contribution is 0.0715. The molecule has 0 aliphatic carbocycles. The minimum atomic E-state index is -0.140. The molecule has 0 atom stereocenters. The first kappa shape index (κ1) is 16.6. The quantitative estimate of drug-likeness (QED) is 0.790. The summed E-state index contributed by atoms with van der Waals surface area (Å²) >= 11 is 3.42. The van der Waals surface area contributed by atoms with Crippen molar-refractivity contribution in [2.24, 2.45) is 0 Å². The maximum Gasteiger partial charge on any atom is 0.274 e. The van der Waals surface area contributed by atoms with Gasteiger partial charge in [-0.1, -0.05) is 12.1 Å². The molecule has 3 rings (SSSR count). The largest absolute Gasteiger partial charge is 0.337 e. The number of hydrogen-bond donors (Lipinski definition) is 0. The van der Waals surface area contributed by atoms with Crippen molar-refractivity contribution < 1.29 is 9.59 Å². The van der Waals surface area contributed by atoms with E-state index >= 15 is 0 Å². The van der Waals surface area contributed by atoms with Gasteiger partial charge in [0.05, 0.1) is 11.8 Å². The lowest BCUT2D eigenvalue weighted by Crippen LogP contribution is -2.37. The van der Waals surface area contributed by atoms with Crippen LogP contribution >= 0.6 is 15.9 Å². The number of halogens is 1. The number of benzene rings is 1. The molecule has 0 bridgehead atoms. The lowest BCUT2D eigenvalue weighted by atomic mass is 10.2. The van der Waals surface area contributed by atoms with Crippen molar-refractivity contribution in [2.45, 2.75) is 6.42 Å². The molecule has 1 aliphatic heterocycles. The number of amides is 2. The van der Waals surface area contributed by atoms with Gasteiger partial charge >= 0.3 is 0 Å². The van der Waals surface area contributed by atoms with Crippen molar-refractivity contribution in [3.63, 3.8) is 0 Å². The summed E-state index contributed by atoms with van der Waals surface area (Å²) in [6.07, 6.45) is 5.25. The molecule has 7 heteroatoms. The third-order valence-electron chi connectivity index (χ3n) is 3.96. The highest BCUT2D eigenvalue weighted by Gasteiger charge is 2.24. The summed E-state index contributed by atoms with van der Waals surface area (Å²) in [7, 11) is 0. The fraction of sp³-hybridized carbons (Fsp3) is 0.294. The van der Waals surface area contributed by atoms with Crippen LogP contribution < -0.4 is 0 Å². The number of nitrogens with zero attached hydrogens (tertiary/aromatic N) is 4. The Morgan fingerprint density at radius 3 is 2.33 bits per heavy atom. The summed E-state index contributed by atoms with van der Waals surface area (Å²) in [6, 6.07) is 7.39. The molecule has 0 spiro atoms. The molecule has 0 unspecified atom stereocenters. The van der Waals surface area contributed by atoms with Crippen LogP contribution in [0.2, 0.25) is 0 Å². The van der Waals surface area contributed by atoms with Crippen molar-refractivity contribution in [2.75, 3.05) is 26.2 Å². The Kier molecular flexibility index (Phi) is 5.20. The van der Waals surface area contributed by atoms with E-state index in [9.17, 15) is 9.59 Å². The average molecular weight is 389 g/mol. The molecule has 124 valence electrons. The number of hydrogen-bond acceptors (Lipinski definition) is 4. The first-order valence-corrected chi connectivity index (χ1v) is 8.55. The third-order valence-corrected chi connectivity index (χ3v) is 4.65. The molecule has 1 saturated heterocycles. The van der Waals surface area contributed by atoms with Gasteiger partial charge in [0.2, 0.25) is 0 Å². The molecule has 2 amide bonds. The van der Waals surface area contributed by atoms with E-state index in [-0.39, 0.29) is 11.8 Å². The van der Waals surface area contributed by atoms with Crippen LogP contribution in [0, 0.1) is 0 Å². The Hall–Kier alpha value is -2.28. The monoisotopic (exact) mass is 388 g/mol. The summed E-state index contributed by atoms with van der Waals surface area (Å²) in [6.45, 7) is 2.23. The second kappa shape index (κ2) is 7.53. The van der Waals surface area contributed by atoms with Gasteiger partial charge in [-0.05, 0) is 34.5 Å². The molecule has 1 aromatic carbocycles. The fourth-order valence-corrected chi connectivity index (χ4v) is 3.15. The summed E-state index contributed by atoms with van der Waals surface area (Å²) in [4.78, 5) is 36.7. The van der Waals surface area contributed by atoms with E-state index in [1.54, 1.807) is 15.9 Å². The average Bonchev–Trinajstić information content (AvgIpc) is 2.88. The highest BCUT2D eigenvalue weighted by molar-refractivity contribution is 9.10. The second-order valence-corrected chi connectivity index (χ2v) is 6.36. The molecule has 6 nitrogen and oxygen atoms in total. The van der Waals surface area contributed by atoms with Crippen molar-refractivity contribution in [3.8, 4) is 0 Å². The molecule has 0 saturated carbocycles. The van der Waals surface area contributed by atoms with Gasteiger partial charge in [-0.2, -0.15) is 0 Å². The maximum absolute atomic E-state index is 12.7. The number of carbonyl (C=O) groups excluding carboxylic acids is 2. The molecule has 2 heterocycles. The van der Waals surface area contributed by atoms with Gasteiger partial charge in [-0.3, -0.25) is 14.6 Å². The van der Waals surface area contributed by atoms with Crippen molar-refractivity contribution in [1.29, 1.82) is 0 Å². The van der Waals surface area contributed by atoms with Gasteiger partial charge in [0.1, 0.15) is 5.69 Å². The number of aromatic nitrogens is 2. The molecular weight excluding hydrogens is 372 g/mol. The maximum atomic E-state index is 12.7. The molecule has 1 fully saturated rings. The van der Waals surface area contributed by atoms with Gasteiger partial charge in [-0.25, -0.2) is 4.98 Å². The predicted molar refractivity (Wildman–Crippen MR) is 92.6 cm³/mol. The summed E-state index contributed by atoms with van der Waals surface area (Å²) in [5.74, 6) is -0.158. The van der Waals surface area contributed by atoms with Gasteiger partial charge in [0.15, 0.2) is 0 Å². The van der Waals surface area contributed by atoms with Crippen LogP contribution in [0.5, 0.6) is 0 Å². The van der Waals surface area contributed by atoms with Crippen LogP contribution in [0.25, 0.3) is 0 Å². The first-order chi connectivity index (χ1) is 11.7. The van der Waals surface area contributed by atoms with E-state index in [1.807, 2.05) is 18.2 Å². The summed E-state index contributed by atoms with van der Waals surface area (Å²) in [5.41, 5.74) is 0.981. The highest BCUT2D eigenvalue weighted by atomic mass is 79.9. The highest BCUT2D eigenvalue weighted by Crippen LogP contribution is 2.19. The Labute approximate surface area is 148 Å². The van der Waals surface area contributed by atoms with E-state index < -0.39 is 0 Å². The molecule has 24 heavy (non-hydrogen) atoms.